The van der Waals surface area contributed by atoms with E-state index >= 15 is 0 Å². The summed E-state index contributed by atoms with van der Waals surface area (Å²) in [5, 5.41) is 9.72. The maximum Gasteiger partial charge on any atom is 0.213 e. The van der Waals surface area contributed by atoms with Crippen LogP contribution in [0.1, 0.15) is 26.5 Å². The normalized spacial score (nSPS) is 12.9. The molecule has 0 fully saturated rings. The van der Waals surface area contributed by atoms with E-state index in [-0.39, 0.29) is 12.0 Å². The zero-order chi connectivity index (χ0) is 11.3. The van der Waals surface area contributed by atoms with E-state index < -0.39 is 0 Å². The Morgan fingerprint density at radius 1 is 1.40 bits per heavy atom. The van der Waals surface area contributed by atoms with Crippen LogP contribution in [-0.4, -0.2) is 22.8 Å². The number of nitrogens with zero attached hydrogens (tertiary/aromatic N) is 1. The lowest BCUT2D eigenvalue weighted by atomic mass is 10.0. The van der Waals surface area contributed by atoms with Gasteiger partial charge in [0.15, 0.2) is 0 Å². The number of aliphatic hydroxyl groups is 1. The molecule has 1 rings (SSSR count). The van der Waals surface area contributed by atoms with Gasteiger partial charge < -0.3 is 9.84 Å². The quantitative estimate of drug-likeness (QED) is 0.807. The topological polar surface area (TPSA) is 42.4 Å². The summed E-state index contributed by atoms with van der Waals surface area (Å²) in [6.45, 7) is 6.54. The highest BCUT2D eigenvalue weighted by Crippen LogP contribution is 2.12. The van der Waals surface area contributed by atoms with Crippen molar-refractivity contribution in [3.05, 3.63) is 23.9 Å². The molecule has 0 spiro atoms. The van der Waals surface area contributed by atoms with Crippen LogP contribution in [0.25, 0.3) is 0 Å². The van der Waals surface area contributed by atoms with Crippen molar-refractivity contribution < 1.29 is 9.84 Å². The lowest BCUT2D eigenvalue weighted by Gasteiger charge is -2.14. The minimum absolute atomic E-state index is 0.252. The van der Waals surface area contributed by atoms with Crippen molar-refractivity contribution in [3.63, 3.8) is 0 Å². The third kappa shape index (κ3) is 3.88. The van der Waals surface area contributed by atoms with E-state index in [0.717, 1.165) is 5.69 Å². The molecule has 0 radical (unpaired) electrons. The van der Waals surface area contributed by atoms with Gasteiger partial charge in [-0.15, -0.1) is 0 Å². The minimum Gasteiger partial charge on any atom is -0.478 e. The highest BCUT2D eigenvalue weighted by molar-refractivity contribution is 5.16. The standard InChI is InChI=1S/C12H19NO2/c1-4-15-12-7-5-6-10(13-12)8-11(14)9(2)3/h5-7,9,11,14H,4,8H2,1-3H3. The smallest absolute Gasteiger partial charge is 0.213 e. The number of aliphatic hydroxyl groups excluding tert-OH is 1. The van der Waals surface area contributed by atoms with Crippen molar-refractivity contribution in [2.45, 2.75) is 33.3 Å². The van der Waals surface area contributed by atoms with Gasteiger partial charge in [0.05, 0.1) is 12.7 Å². The molecular weight excluding hydrogens is 190 g/mol. The van der Waals surface area contributed by atoms with Crippen LogP contribution in [-0.2, 0) is 6.42 Å². The van der Waals surface area contributed by atoms with Gasteiger partial charge >= 0.3 is 0 Å². The van der Waals surface area contributed by atoms with E-state index in [2.05, 4.69) is 4.98 Å². The van der Waals surface area contributed by atoms with E-state index in [1.54, 1.807) is 0 Å². The number of hydrogen-bond acceptors (Lipinski definition) is 3. The summed E-state index contributed by atoms with van der Waals surface area (Å²) < 4.78 is 5.30. The molecule has 3 heteroatoms. The average Bonchev–Trinajstić information content (AvgIpc) is 2.18. The Balaban J connectivity index is 2.64. The van der Waals surface area contributed by atoms with E-state index in [0.29, 0.717) is 18.9 Å². The Morgan fingerprint density at radius 2 is 2.13 bits per heavy atom. The van der Waals surface area contributed by atoms with E-state index in [4.69, 9.17) is 4.74 Å². The van der Waals surface area contributed by atoms with Crippen LogP contribution in [0.4, 0.5) is 0 Å². The van der Waals surface area contributed by atoms with Gasteiger partial charge in [-0.2, -0.15) is 0 Å². The molecule has 15 heavy (non-hydrogen) atoms. The predicted octanol–water partition coefficient (Wildman–Crippen LogP) is 2.04. The van der Waals surface area contributed by atoms with Crippen LogP contribution >= 0.6 is 0 Å². The highest BCUT2D eigenvalue weighted by atomic mass is 16.5. The molecule has 0 aliphatic rings. The Labute approximate surface area is 91.1 Å². The van der Waals surface area contributed by atoms with Gasteiger partial charge in [-0.3, -0.25) is 0 Å². The summed E-state index contributed by atoms with van der Waals surface area (Å²) in [6.07, 6.45) is 0.243. The summed E-state index contributed by atoms with van der Waals surface area (Å²) in [7, 11) is 0. The Bertz CT molecular complexity index is 299. The third-order valence-electron chi connectivity index (χ3n) is 2.26. The van der Waals surface area contributed by atoms with E-state index in [1.165, 1.54) is 0 Å². The minimum atomic E-state index is -0.339. The van der Waals surface area contributed by atoms with Gasteiger partial charge in [0.25, 0.3) is 0 Å². The van der Waals surface area contributed by atoms with Crippen molar-refractivity contribution in [2.75, 3.05) is 6.61 Å². The fourth-order valence-corrected chi connectivity index (χ4v) is 1.25. The van der Waals surface area contributed by atoms with Crippen molar-refractivity contribution in [2.24, 2.45) is 5.92 Å². The SMILES string of the molecule is CCOc1cccc(CC(O)C(C)C)n1. The van der Waals surface area contributed by atoms with Crippen molar-refractivity contribution in [1.82, 2.24) is 4.98 Å². The van der Waals surface area contributed by atoms with Gasteiger partial charge in [0, 0.05) is 18.2 Å². The second-order valence-electron chi connectivity index (χ2n) is 3.92. The third-order valence-corrected chi connectivity index (χ3v) is 2.26. The molecule has 1 aromatic rings. The first-order valence-corrected chi connectivity index (χ1v) is 5.40. The van der Waals surface area contributed by atoms with Gasteiger partial charge in [-0.1, -0.05) is 19.9 Å². The molecule has 0 saturated carbocycles. The summed E-state index contributed by atoms with van der Waals surface area (Å²) in [5.41, 5.74) is 0.877. The molecule has 0 aromatic carbocycles. The molecule has 0 amide bonds. The number of aromatic nitrogens is 1. The van der Waals surface area contributed by atoms with Crippen LogP contribution in [0.5, 0.6) is 5.88 Å². The molecule has 1 unspecified atom stereocenters. The van der Waals surface area contributed by atoms with E-state index in [1.807, 2.05) is 39.0 Å². The van der Waals surface area contributed by atoms with Gasteiger partial charge in [0.1, 0.15) is 0 Å². The molecule has 0 bridgehead atoms. The van der Waals surface area contributed by atoms with Gasteiger partial charge in [-0.25, -0.2) is 4.98 Å². The Kier molecular flexibility index (Phi) is 4.56. The lowest BCUT2D eigenvalue weighted by molar-refractivity contribution is 0.124. The molecular formula is C12H19NO2. The van der Waals surface area contributed by atoms with Crippen LogP contribution < -0.4 is 4.74 Å². The first-order valence-electron chi connectivity index (χ1n) is 5.40. The van der Waals surface area contributed by atoms with E-state index in [9.17, 15) is 5.11 Å². The largest absolute Gasteiger partial charge is 0.478 e. The number of hydrogen-bond donors (Lipinski definition) is 1. The summed E-state index contributed by atoms with van der Waals surface area (Å²) >= 11 is 0. The Morgan fingerprint density at radius 3 is 2.73 bits per heavy atom. The van der Waals surface area contributed by atoms with Gasteiger partial charge in [0.2, 0.25) is 5.88 Å². The van der Waals surface area contributed by atoms with Crippen LogP contribution in [0.2, 0.25) is 0 Å². The van der Waals surface area contributed by atoms with Crippen LogP contribution in [0.15, 0.2) is 18.2 Å². The summed E-state index contributed by atoms with van der Waals surface area (Å²) in [4.78, 5) is 4.30. The molecule has 1 atom stereocenters. The maximum atomic E-state index is 9.72. The highest BCUT2D eigenvalue weighted by Gasteiger charge is 2.11. The number of rotatable bonds is 5. The molecule has 0 aliphatic heterocycles. The first kappa shape index (κ1) is 12.0. The monoisotopic (exact) mass is 209 g/mol. The van der Waals surface area contributed by atoms with Crippen molar-refractivity contribution in [3.8, 4) is 5.88 Å². The summed E-state index contributed by atoms with van der Waals surface area (Å²) in [6, 6.07) is 5.64. The molecule has 1 heterocycles. The zero-order valence-electron chi connectivity index (χ0n) is 9.60. The molecule has 3 nitrogen and oxygen atoms in total. The fraction of sp³-hybridized carbons (Fsp3) is 0.583. The zero-order valence-corrected chi connectivity index (χ0v) is 9.60. The lowest BCUT2D eigenvalue weighted by Crippen LogP contribution is -2.18. The molecule has 0 saturated heterocycles. The number of ether oxygens (including phenoxy) is 1. The van der Waals surface area contributed by atoms with Crippen LogP contribution in [0, 0.1) is 5.92 Å². The fourth-order valence-electron chi connectivity index (χ4n) is 1.25. The molecule has 1 aromatic heterocycles. The van der Waals surface area contributed by atoms with Crippen molar-refractivity contribution >= 4 is 0 Å². The number of pyridine rings is 1. The predicted molar refractivity (Wildman–Crippen MR) is 60.0 cm³/mol. The molecule has 1 N–H and O–H groups in total. The first-order chi connectivity index (χ1) is 7.13. The average molecular weight is 209 g/mol. The maximum absolute atomic E-state index is 9.72. The van der Waals surface area contributed by atoms with Gasteiger partial charge in [-0.05, 0) is 18.9 Å². The second-order valence-corrected chi connectivity index (χ2v) is 3.92. The Hall–Kier alpha value is -1.09. The molecule has 0 aliphatic carbocycles. The summed E-state index contributed by atoms with van der Waals surface area (Å²) in [5.74, 6) is 0.883. The van der Waals surface area contributed by atoms with Crippen molar-refractivity contribution in [1.29, 1.82) is 0 Å². The van der Waals surface area contributed by atoms with Crippen LogP contribution in [0.3, 0.4) is 0 Å². The second kappa shape index (κ2) is 5.71. The molecule has 84 valence electrons.